The molecule has 0 aliphatic rings. The van der Waals surface area contributed by atoms with E-state index in [-0.39, 0.29) is 11.9 Å². The topological polar surface area (TPSA) is 55.1 Å². The van der Waals surface area contributed by atoms with E-state index in [9.17, 15) is 4.79 Å². The number of rotatable bonds is 7. The minimum atomic E-state index is -0.191. The first-order valence-electron chi connectivity index (χ1n) is 7.07. The van der Waals surface area contributed by atoms with E-state index in [4.69, 9.17) is 4.52 Å². The number of nitrogens with zero attached hydrogens (tertiary/aromatic N) is 1. The standard InChI is InChI=1S/C16H20N2O2/c1-2-3-5-10-14(13-8-6-4-7-9-13)17-16(19)15-11-12-20-18-15/h4,6-9,11-12,14H,2-3,5,10H2,1H3,(H,17,19). The van der Waals surface area contributed by atoms with E-state index in [0.717, 1.165) is 18.4 Å². The monoisotopic (exact) mass is 272 g/mol. The molecule has 20 heavy (non-hydrogen) atoms. The van der Waals surface area contributed by atoms with Crippen LogP contribution < -0.4 is 5.32 Å². The molecule has 1 atom stereocenters. The van der Waals surface area contributed by atoms with E-state index in [0.29, 0.717) is 5.69 Å². The zero-order valence-corrected chi connectivity index (χ0v) is 11.7. The molecule has 1 aromatic heterocycles. The highest BCUT2D eigenvalue weighted by Gasteiger charge is 2.16. The van der Waals surface area contributed by atoms with Gasteiger partial charge in [-0.3, -0.25) is 4.79 Å². The van der Waals surface area contributed by atoms with E-state index < -0.39 is 0 Å². The van der Waals surface area contributed by atoms with Crippen LogP contribution in [0.4, 0.5) is 0 Å². The first-order chi connectivity index (χ1) is 9.81. The fourth-order valence-corrected chi connectivity index (χ4v) is 2.17. The van der Waals surface area contributed by atoms with Crippen LogP contribution >= 0.6 is 0 Å². The van der Waals surface area contributed by atoms with Crippen LogP contribution in [0.15, 0.2) is 47.2 Å². The van der Waals surface area contributed by atoms with Crippen LogP contribution in [-0.2, 0) is 0 Å². The molecule has 0 aliphatic heterocycles. The predicted octanol–water partition coefficient (Wildman–Crippen LogP) is 3.73. The van der Waals surface area contributed by atoms with Crippen LogP contribution in [0.5, 0.6) is 0 Å². The van der Waals surface area contributed by atoms with Crippen molar-refractivity contribution < 1.29 is 9.32 Å². The van der Waals surface area contributed by atoms with Crippen LogP contribution in [0.1, 0.15) is 54.7 Å². The van der Waals surface area contributed by atoms with Crippen molar-refractivity contribution in [3.8, 4) is 0 Å². The molecule has 4 heteroatoms. The van der Waals surface area contributed by atoms with E-state index in [1.165, 1.54) is 19.1 Å². The number of hydrogen-bond acceptors (Lipinski definition) is 3. The fourth-order valence-electron chi connectivity index (χ4n) is 2.17. The highest BCUT2D eigenvalue weighted by Crippen LogP contribution is 2.20. The maximum absolute atomic E-state index is 12.1. The molecule has 0 fully saturated rings. The maximum atomic E-state index is 12.1. The van der Waals surface area contributed by atoms with Gasteiger partial charge in [0, 0.05) is 6.07 Å². The van der Waals surface area contributed by atoms with E-state index in [2.05, 4.69) is 17.4 Å². The first-order valence-corrected chi connectivity index (χ1v) is 7.07. The first kappa shape index (κ1) is 14.3. The molecule has 2 rings (SSSR count). The van der Waals surface area contributed by atoms with Gasteiger partial charge in [-0.2, -0.15) is 0 Å². The largest absolute Gasteiger partial charge is 0.364 e. The van der Waals surface area contributed by atoms with E-state index in [1.807, 2.05) is 30.3 Å². The third-order valence-electron chi connectivity index (χ3n) is 3.27. The van der Waals surface area contributed by atoms with Gasteiger partial charge in [0.05, 0.1) is 6.04 Å². The molecule has 2 aromatic rings. The summed E-state index contributed by atoms with van der Waals surface area (Å²) in [7, 11) is 0. The minimum absolute atomic E-state index is 0.0203. The molecule has 1 aromatic carbocycles. The van der Waals surface area contributed by atoms with Crippen LogP contribution in [0.2, 0.25) is 0 Å². The van der Waals surface area contributed by atoms with Crippen molar-refractivity contribution in [2.45, 2.75) is 38.6 Å². The second-order valence-electron chi connectivity index (χ2n) is 4.82. The molecule has 1 N–H and O–H groups in total. The third kappa shape index (κ3) is 3.95. The second kappa shape index (κ2) is 7.48. The summed E-state index contributed by atoms with van der Waals surface area (Å²) in [5.41, 5.74) is 1.45. The van der Waals surface area contributed by atoms with E-state index in [1.54, 1.807) is 6.07 Å². The molecular weight excluding hydrogens is 252 g/mol. The fraction of sp³-hybridized carbons (Fsp3) is 0.375. The van der Waals surface area contributed by atoms with Crippen molar-refractivity contribution in [2.75, 3.05) is 0 Å². The van der Waals surface area contributed by atoms with Crippen molar-refractivity contribution >= 4 is 5.91 Å². The van der Waals surface area contributed by atoms with Gasteiger partial charge in [0.2, 0.25) is 0 Å². The number of carbonyl (C=O) groups excluding carboxylic acids is 1. The average molecular weight is 272 g/mol. The molecule has 0 aliphatic carbocycles. The van der Waals surface area contributed by atoms with Crippen LogP contribution in [-0.4, -0.2) is 11.1 Å². The summed E-state index contributed by atoms with van der Waals surface area (Å²) in [6, 6.07) is 11.6. The normalized spacial score (nSPS) is 12.1. The number of nitrogens with one attached hydrogen (secondary N) is 1. The molecule has 0 saturated heterocycles. The predicted molar refractivity (Wildman–Crippen MR) is 77.3 cm³/mol. The van der Waals surface area contributed by atoms with Crippen molar-refractivity contribution in [1.82, 2.24) is 10.5 Å². The molecule has 0 spiro atoms. The van der Waals surface area contributed by atoms with Gasteiger partial charge in [0.1, 0.15) is 6.26 Å². The number of carbonyl (C=O) groups is 1. The Morgan fingerprint density at radius 1 is 1.25 bits per heavy atom. The lowest BCUT2D eigenvalue weighted by Gasteiger charge is -2.18. The third-order valence-corrected chi connectivity index (χ3v) is 3.27. The Labute approximate surface area is 119 Å². The number of aromatic nitrogens is 1. The number of benzene rings is 1. The summed E-state index contributed by atoms with van der Waals surface area (Å²) < 4.78 is 4.71. The molecule has 1 amide bonds. The van der Waals surface area contributed by atoms with Gasteiger partial charge >= 0.3 is 0 Å². The number of amides is 1. The lowest BCUT2D eigenvalue weighted by atomic mass is 10.0. The van der Waals surface area contributed by atoms with Gasteiger partial charge in [-0.15, -0.1) is 0 Å². The SMILES string of the molecule is CCCCCC(NC(=O)c1ccon1)c1ccccc1. The molecule has 0 radical (unpaired) electrons. The summed E-state index contributed by atoms with van der Waals surface area (Å²) >= 11 is 0. The van der Waals surface area contributed by atoms with Gasteiger partial charge in [-0.1, -0.05) is 61.7 Å². The van der Waals surface area contributed by atoms with E-state index >= 15 is 0 Å². The Morgan fingerprint density at radius 3 is 2.70 bits per heavy atom. The van der Waals surface area contributed by atoms with Crippen LogP contribution in [0.3, 0.4) is 0 Å². The van der Waals surface area contributed by atoms with Crippen molar-refractivity contribution in [1.29, 1.82) is 0 Å². The molecule has 1 heterocycles. The summed E-state index contributed by atoms with van der Waals surface area (Å²) in [6.45, 7) is 2.17. The lowest BCUT2D eigenvalue weighted by molar-refractivity contribution is 0.0925. The molecular formula is C16H20N2O2. The Bertz CT molecular complexity index is 509. The van der Waals surface area contributed by atoms with Crippen LogP contribution in [0.25, 0.3) is 0 Å². The summed E-state index contributed by atoms with van der Waals surface area (Å²) in [5.74, 6) is -0.191. The Hall–Kier alpha value is -2.10. The molecule has 1 unspecified atom stereocenters. The summed E-state index contributed by atoms with van der Waals surface area (Å²) in [5, 5.41) is 6.71. The van der Waals surface area contributed by atoms with Gasteiger partial charge < -0.3 is 9.84 Å². The Balaban J connectivity index is 2.04. The minimum Gasteiger partial charge on any atom is -0.364 e. The van der Waals surface area contributed by atoms with Crippen molar-refractivity contribution in [3.63, 3.8) is 0 Å². The Kier molecular flexibility index (Phi) is 5.35. The average Bonchev–Trinajstić information content (AvgIpc) is 3.01. The summed E-state index contributed by atoms with van der Waals surface area (Å²) in [4.78, 5) is 12.1. The maximum Gasteiger partial charge on any atom is 0.273 e. The quantitative estimate of drug-likeness (QED) is 0.781. The number of unbranched alkanes of at least 4 members (excludes halogenated alkanes) is 2. The van der Waals surface area contributed by atoms with Crippen molar-refractivity contribution in [2.24, 2.45) is 0 Å². The molecule has 0 saturated carbocycles. The zero-order valence-electron chi connectivity index (χ0n) is 11.7. The van der Waals surface area contributed by atoms with Crippen LogP contribution in [0, 0.1) is 0 Å². The van der Waals surface area contributed by atoms with Gasteiger partial charge in [0.15, 0.2) is 5.69 Å². The highest BCUT2D eigenvalue weighted by molar-refractivity contribution is 5.92. The van der Waals surface area contributed by atoms with Gasteiger partial charge in [-0.05, 0) is 12.0 Å². The summed E-state index contributed by atoms with van der Waals surface area (Å²) in [6.07, 6.45) is 5.77. The zero-order chi connectivity index (χ0) is 14.2. The highest BCUT2D eigenvalue weighted by atomic mass is 16.5. The number of hydrogen-bond donors (Lipinski definition) is 1. The second-order valence-corrected chi connectivity index (χ2v) is 4.82. The smallest absolute Gasteiger partial charge is 0.273 e. The molecule has 0 bridgehead atoms. The molecule has 106 valence electrons. The van der Waals surface area contributed by atoms with Gasteiger partial charge in [-0.25, -0.2) is 0 Å². The van der Waals surface area contributed by atoms with Gasteiger partial charge in [0.25, 0.3) is 5.91 Å². The Morgan fingerprint density at radius 2 is 2.05 bits per heavy atom. The van der Waals surface area contributed by atoms with Crippen molar-refractivity contribution in [3.05, 3.63) is 53.9 Å². The molecule has 4 nitrogen and oxygen atoms in total. The lowest BCUT2D eigenvalue weighted by Crippen LogP contribution is -2.28.